The van der Waals surface area contributed by atoms with E-state index in [0.29, 0.717) is 6.54 Å². The Morgan fingerprint density at radius 1 is 1.38 bits per heavy atom. The fourth-order valence-corrected chi connectivity index (χ4v) is 4.18. The molecule has 2 atom stereocenters. The minimum absolute atomic E-state index is 0.0750. The second kappa shape index (κ2) is 6.95. The number of amides is 1. The molecule has 1 aliphatic heterocycles. The molecule has 24 heavy (non-hydrogen) atoms. The zero-order valence-corrected chi connectivity index (χ0v) is 15.1. The van der Waals surface area contributed by atoms with Crippen molar-refractivity contribution >= 4 is 17.2 Å². The highest BCUT2D eigenvalue weighted by atomic mass is 32.1. The zero-order valence-electron chi connectivity index (χ0n) is 14.3. The van der Waals surface area contributed by atoms with E-state index in [0.717, 1.165) is 39.6 Å². The first-order valence-corrected chi connectivity index (χ1v) is 9.03. The number of hydrogen-bond donors (Lipinski definition) is 1. The molecule has 1 aliphatic rings. The fourth-order valence-electron chi connectivity index (χ4n) is 3.17. The molecule has 3 rings (SSSR count). The van der Waals surface area contributed by atoms with Gasteiger partial charge >= 0.3 is 0 Å². The van der Waals surface area contributed by atoms with Crippen LogP contribution >= 0.6 is 11.3 Å². The summed E-state index contributed by atoms with van der Waals surface area (Å²) in [6.45, 7) is 5.22. The van der Waals surface area contributed by atoms with Gasteiger partial charge in [-0.3, -0.25) is 4.79 Å². The van der Waals surface area contributed by atoms with Crippen LogP contribution in [0.3, 0.4) is 0 Å². The molecule has 5 heteroatoms. The maximum Gasteiger partial charge on any atom is 0.263 e. The molecule has 1 aromatic carbocycles. The molecule has 1 fully saturated rings. The summed E-state index contributed by atoms with van der Waals surface area (Å²) in [6.07, 6.45) is 0.516. The Morgan fingerprint density at radius 2 is 2.08 bits per heavy atom. The van der Waals surface area contributed by atoms with E-state index in [4.69, 9.17) is 4.74 Å². The summed E-state index contributed by atoms with van der Waals surface area (Å²) in [5.41, 5.74) is 2.18. The van der Waals surface area contributed by atoms with E-state index in [1.54, 1.807) is 14.0 Å². The molecule has 1 aromatic heterocycles. The van der Waals surface area contributed by atoms with Gasteiger partial charge in [-0.15, -0.1) is 11.3 Å². The molecule has 1 saturated heterocycles. The van der Waals surface area contributed by atoms with Crippen molar-refractivity contribution < 1.29 is 14.6 Å². The van der Waals surface area contributed by atoms with Crippen LogP contribution in [-0.4, -0.2) is 42.2 Å². The Morgan fingerprint density at radius 3 is 2.67 bits per heavy atom. The van der Waals surface area contributed by atoms with Gasteiger partial charge in [0.05, 0.1) is 18.1 Å². The number of thiophene rings is 1. The molecule has 2 heterocycles. The summed E-state index contributed by atoms with van der Waals surface area (Å²) < 4.78 is 5.20. The normalized spacial score (nSPS) is 18.7. The average molecular weight is 345 g/mol. The minimum Gasteiger partial charge on any atom is -0.497 e. The third-order valence-corrected chi connectivity index (χ3v) is 5.76. The second-order valence-electron chi connectivity index (χ2n) is 6.35. The van der Waals surface area contributed by atoms with Gasteiger partial charge in [0.15, 0.2) is 0 Å². The summed E-state index contributed by atoms with van der Waals surface area (Å²) in [7, 11) is 1.65. The first-order chi connectivity index (χ1) is 11.5. The maximum atomic E-state index is 12.7. The van der Waals surface area contributed by atoms with Crippen molar-refractivity contribution in [3.05, 3.63) is 40.1 Å². The molecular formula is C19H23NO3S. The highest BCUT2D eigenvalue weighted by molar-refractivity contribution is 7.14. The molecule has 0 radical (unpaired) electrons. The highest BCUT2D eigenvalue weighted by Gasteiger charge is 2.30. The van der Waals surface area contributed by atoms with Gasteiger partial charge in [0.2, 0.25) is 0 Å². The summed E-state index contributed by atoms with van der Waals surface area (Å²) in [5, 5.41) is 9.72. The lowest BCUT2D eigenvalue weighted by atomic mass is 10.0. The highest BCUT2D eigenvalue weighted by Crippen LogP contribution is 2.33. The van der Waals surface area contributed by atoms with Crippen molar-refractivity contribution in [3.63, 3.8) is 0 Å². The number of benzene rings is 1. The van der Waals surface area contributed by atoms with Gasteiger partial charge in [-0.25, -0.2) is 0 Å². The number of likely N-dealkylation sites (tertiary alicyclic amines) is 1. The fraction of sp³-hybridized carbons (Fsp3) is 0.421. The molecule has 0 bridgehead atoms. The monoisotopic (exact) mass is 345 g/mol. The van der Waals surface area contributed by atoms with Crippen molar-refractivity contribution in [3.8, 4) is 16.9 Å². The topological polar surface area (TPSA) is 49.8 Å². The van der Waals surface area contributed by atoms with Crippen molar-refractivity contribution in [2.75, 3.05) is 20.2 Å². The summed E-state index contributed by atoms with van der Waals surface area (Å²) in [5.74, 6) is 1.09. The van der Waals surface area contributed by atoms with Crippen LogP contribution in [0.5, 0.6) is 5.75 Å². The van der Waals surface area contributed by atoms with E-state index in [1.807, 2.05) is 42.2 Å². The lowest BCUT2D eigenvalue weighted by molar-refractivity contribution is 0.0767. The van der Waals surface area contributed by atoms with E-state index in [-0.39, 0.29) is 17.9 Å². The van der Waals surface area contributed by atoms with Gasteiger partial charge in [0.25, 0.3) is 5.91 Å². The summed E-state index contributed by atoms with van der Waals surface area (Å²) in [4.78, 5) is 16.5. The largest absolute Gasteiger partial charge is 0.497 e. The maximum absolute atomic E-state index is 12.7. The number of hydrogen-bond acceptors (Lipinski definition) is 4. The number of ether oxygens (including phenoxy) is 1. The molecule has 128 valence electrons. The van der Waals surface area contributed by atoms with E-state index in [2.05, 4.69) is 0 Å². The van der Waals surface area contributed by atoms with Crippen molar-refractivity contribution in [1.29, 1.82) is 0 Å². The minimum atomic E-state index is -0.359. The Bertz CT molecular complexity index is 721. The Labute approximate surface area is 146 Å². The van der Waals surface area contributed by atoms with Crippen LogP contribution in [-0.2, 0) is 0 Å². The number of carbonyl (C=O) groups is 1. The number of rotatable bonds is 4. The van der Waals surface area contributed by atoms with Crippen LogP contribution in [0.15, 0.2) is 30.3 Å². The van der Waals surface area contributed by atoms with Crippen LogP contribution in [0.25, 0.3) is 11.1 Å². The van der Waals surface area contributed by atoms with E-state index in [9.17, 15) is 9.90 Å². The van der Waals surface area contributed by atoms with Gasteiger partial charge in [0, 0.05) is 23.9 Å². The lowest BCUT2D eigenvalue weighted by Gasteiger charge is -2.16. The first-order valence-electron chi connectivity index (χ1n) is 8.21. The third kappa shape index (κ3) is 3.32. The molecule has 0 aliphatic carbocycles. The molecule has 0 spiro atoms. The summed E-state index contributed by atoms with van der Waals surface area (Å²) >= 11 is 1.54. The van der Waals surface area contributed by atoms with E-state index >= 15 is 0 Å². The van der Waals surface area contributed by atoms with Gasteiger partial charge in [-0.05, 0) is 49.6 Å². The first kappa shape index (κ1) is 17.0. The Kier molecular flexibility index (Phi) is 4.92. The average Bonchev–Trinajstić information content (AvgIpc) is 3.21. The van der Waals surface area contributed by atoms with Gasteiger partial charge in [0.1, 0.15) is 5.75 Å². The van der Waals surface area contributed by atoms with E-state index < -0.39 is 0 Å². The second-order valence-corrected chi connectivity index (χ2v) is 7.61. The van der Waals surface area contributed by atoms with Crippen LogP contribution in [0.4, 0.5) is 0 Å². The smallest absolute Gasteiger partial charge is 0.263 e. The number of aliphatic hydroxyl groups excluding tert-OH is 1. The predicted octanol–water partition coefficient (Wildman–Crippen LogP) is 3.58. The molecule has 0 saturated carbocycles. The Balaban J connectivity index is 1.79. The number of carbonyl (C=O) groups excluding carboxylic acids is 1. The van der Waals surface area contributed by atoms with Crippen LogP contribution in [0.1, 0.15) is 27.9 Å². The quantitative estimate of drug-likeness (QED) is 0.921. The predicted molar refractivity (Wildman–Crippen MR) is 96.7 cm³/mol. The standard InChI is InChI=1S/C19H23NO3S/c1-12(21)15-8-9-20(11-15)19(22)18-10-17(13(2)24-18)14-4-6-16(23-3)7-5-14/h4-7,10,12,15,21H,8-9,11H2,1-3H3. The molecule has 1 N–H and O–H groups in total. The van der Waals surface area contributed by atoms with Crippen molar-refractivity contribution in [2.45, 2.75) is 26.4 Å². The van der Waals surface area contributed by atoms with Gasteiger partial charge < -0.3 is 14.7 Å². The molecule has 2 aromatic rings. The van der Waals surface area contributed by atoms with Gasteiger partial charge in [-0.1, -0.05) is 12.1 Å². The van der Waals surface area contributed by atoms with Crippen molar-refractivity contribution in [1.82, 2.24) is 4.90 Å². The van der Waals surface area contributed by atoms with Gasteiger partial charge in [-0.2, -0.15) is 0 Å². The SMILES string of the molecule is COc1ccc(-c2cc(C(=O)N3CCC(C(C)O)C3)sc2C)cc1. The van der Waals surface area contributed by atoms with Crippen LogP contribution in [0, 0.1) is 12.8 Å². The molecular weight excluding hydrogens is 322 g/mol. The van der Waals surface area contributed by atoms with E-state index in [1.165, 1.54) is 11.3 Å². The van der Waals surface area contributed by atoms with Crippen LogP contribution < -0.4 is 4.74 Å². The number of aliphatic hydroxyl groups is 1. The van der Waals surface area contributed by atoms with Crippen LogP contribution in [0.2, 0.25) is 0 Å². The lowest BCUT2D eigenvalue weighted by Crippen LogP contribution is -2.29. The zero-order chi connectivity index (χ0) is 17.3. The number of nitrogens with zero attached hydrogens (tertiary/aromatic N) is 1. The Hall–Kier alpha value is -1.85. The molecule has 2 unspecified atom stereocenters. The molecule has 4 nitrogen and oxygen atoms in total. The third-order valence-electron chi connectivity index (χ3n) is 4.72. The molecule has 1 amide bonds. The summed E-state index contributed by atoms with van der Waals surface area (Å²) in [6, 6.07) is 9.88. The number of aryl methyl sites for hydroxylation is 1. The van der Waals surface area contributed by atoms with Crippen molar-refractivity contribution in [2.24, 2.45) is 5.92 Å². The number of methoxy groups -OCH3 is 1.